The Kier molecular flexibility index (Phi) is 3.50. The lowest BCUT2D eigenvalue weighted by atomic mass is 9.70. The maximum absolute atomic E-state index is 10.7. The van der Waals surface area contributed by atoms with E-state index >= 15 is 0 Å². The Morgan fingerprint density at radius 1 is 1.38 bits per heavy atom. The van der Waals surface area contributed by atoms with E-state index in [4.69, 9.17) is 10.8 Å². The fourth-order valence-electron chi connectivity index (χ4n) is 3.29. The third-order valence-electron chi connectivity index (χ3n) is 4.38. The second-order valence-corrected chi connectivity index (χ2v) is 5.53. The molecule has 0 radical (unpaired) electrons. The molecule has 0 atom stereocenters. The molecule has 3 N–H and O–H groups in total. The predicted octanol–water partition coefficient (Wildman–Crippen LogP) is 0.912. The van der Waals surface area contributed by atoms with E-state index in [-0.39, 0.29) is 6.54 Å². The molecular weight excluding hydrogens is 204 g/mol. The van der Waals surface area contributed by atoms with Crippen LogP contribution in [0.4, 0.5) is 0 Å². The van der Waals surface area contributed by atoms with Crippen LogP contribution in [0.15, 0.2) is 0 Å². The number of rotatable bonds is 3. The van der Waals surface area contributed by atoms with E-state index in [1.807, 2.05) is 0 Å². The van der Waals surface area contributed by atoms with E-state index in [1.165, 1.54) is 32.1 Å². The van der Waals surface area contributed by atoms with Crippen LogP contribution >= 0.6 is 0 Å². The van der Waals surface area contributed by atoms with Crippen LogP contribution in [0, 0.1) is 11.3 Å². The number of nitrogens with zero attached hydrogens (tertiary/aromatic N) is 1. The molecule has 16 heavy (non-hydrogen) atoms. The first-order valence-electron chi connectivity index (χ1n) is 6.28. The minimum atomic E-state index is -0.701. The highest BCUT2D eigenvalue weighted by atomic mass is 16.4. The maximum atomic E-state index is 10.7. The van der Waals surface area contributed by atoms with E-state index in [0.29, 0.717) is 11.3 Å². The van der Waals surface area contributed by atoms with Crippen LogP contribution in [-0.4, -0.2) is 42.2 Å². The van der Waals surface area contributed by atoms with Crippen molar-refractivity contribution in [2.24, 2.45) is 17.1 Å². The molecule has 1 aliphatic heterocycles. The number of carboxylic acid groups (broad SMARTS) is 1. The molecule has 1 spiro atoms. The third kappa shape index (κ3) is 2.55. The van der Waals surface area contributed by atoms with Crippen molar-refractivity contribution in [2.45, 2.75) is 32.1 Å². The topological polar surface area (TPSA) is 66.6 Å². The summed E-state index contributed by atoms with van der Waals surface area (Å²) in [5, 5.41) is 8.78. The van der Waals surface area contributed by atoms with Gasteiger partial charge in [0.1, 0.15) is 0 Å². The molecule has 1 heterocycles. The van der Waals surface area contributed by atoms with Crippen LogP contribution in [0.2, 0.25) is 0 Å². The van der Waals surface area contributed by atoms with E-state index in [1.54, 1.807) is 0 Å². The SMILES string of the molecule is NCC1CCC2(CC1)CCN(CC(=O)O)C2. The Labute approximate surface area is 96.8 Å². The van der Waals surface area contributed by atoms with Gasteiger partial charge in [-0.2, -0.15) is 0 Å². The van der Waals surface area contributed by atoms with Gasteiger partial charge in [0, 0.05) is 6.54 Å². The maximum Gasteiger partial charge on any atom is 0.317 e. The molecule has 0 bridgehead atoms. The summed E-state index contributed by atoms with van der Waals surface area (Å²) in [5.74, 6) is 0.00634. The summed E-state index contributed by atoms with van der Waals surface area (Å²) >= 11 is 0. The molecule has 4 nitrogen and oxygen atoms in total. The molecule has 0 aromatic heterocycles. The Balaban J connectivity index is 1.85. The lowest BCUT2D eigenvalue weighted by Gasteiger charge is -2.36. The molecule has 1 aliphatic carbocycles. The van der Waals surface area contributed by atoms with Gasteiger partial charge in [-0.1, -0.05) is 0 Å². The molecule has 4 heteroatoms. The van der Waals surface area contributed by atoms with Crippen LogP contribution in [0.1, 0.15) is 32.1 Å². The van der Waals surface area contributed by atoms with Crippen LogP contribution in [-0.2, 0) is 4.79 Å². The highest BCUT2D eigenvalue weighted by Gasteiger charge is 2.40. The van der Waals surface area contributed by atoms with Crippen LogP contribution in [0.5, 0.6) is 0 Å². The molecule has 0 aromatic carbocycles. The molecule has 92 valence electrons. The fourth-order valence-corrected chi connectivity index (χ4v) is 3.29. The van der Waals surface area contributed by atoms with Crippen LogP contribution < -0.4 is 5.73 Å². The van der Waals surface area contributed by atoms with Crippen molar-refractivity contribution in [3.05, 3.63) is 0 Å². The average molecular weight is 226 g/mol. The number of hydrogen-bond acceptors (Lipinski definition) is 3. The van der Waals surface area contributed by atoms with E-state index in [0.717, 1.165) is 19.6 Å². The number of hydrogen-bond donors (Lipinski definition) is 2. The van der Waals surface area contributed by atoms with Crippen molar-refractivity contribution >= 4 is 5.97 Å². The molecule has 0 amide bonds. The standard InChI is InChI=1S/C12H22N2O2/c13-7-10-1-3-12(4-2-10)5-6-14(9-12)8-11(15)16/h10H,1-9,13H2,(H,15,16). The van der Waals surface area contributed by atoms with Crippen molar-refractivity contribution in [2.75, 3.05) is 26.2 Å². The van der Waals surface area contributed by atoms with Crippen molar-refractivity contribution < 1.29 is 9.90 Å². The van der Waals surface area contributed by atoms with Crippen molar-refractivity contribution in [1.29, 1.82) is 0 Å². The summed E-state index contributed by atoms with van der Waals surface area (Å²) in [4.78, 5) is 12.8. The summed E-state index contributed by atoms with van der Waals surface area (Å²) in [6.45, 7) is 2.97. The van der Waals surface area contributed by atoms with Crippen molar-refractivity contribution in [3.63, 3.8) is 0 Å². The smallest absolute Gasteiger partial charge is 0.317 e. The Hall–Kier alpha value is -0.610. The molecule has 0 unspecified atom stereocenters. The van der Waals surface area contributed by atoms with Crippen LogP contribution in [0.3, 0.4) is 0 Å². The number of carboxylic acids is 1. The zero-order valence-electron chi connectivity index (χ0n) is 9.82. The molecule has 1 saturated carbocycles. The van der Waals surface area contributed by atoms with Gasteiger partial charge in [-0.25, -0.2) is 0 Å². The Bertz CT molecular complexity index is 260. The minimum absolute atomic E-state index is 0.210. The van der Waals surface area contributed by atoms with Gasteiger partial charge in [0.05, 0.1) is 6.54 Å². The van der Waals surface area contributed by atoms with Gasteiger partial charge < -0.3 is 10.8 Å². The highest BCUT2D eigenvalue weighted by molar-refractivity contribution is 5.69. The summed E-state index contributed by atoms with van der Waals surface area (Å²) in [5.41, 5.74) is 6.11. The first-order chi connectivity index (χ1) is 7.63. The number of nitrogens with two attached hydrogens (primary N) is 1. The van der Waals surface area contributed by atoms with Gasteiger partial charge >= 0.3 is 5.97 Å². The highest BCUT2D eigenvalue weighted by Crippen LogP contribution is 2.45. The van der Waals surface area contributed by atoms with E-state index in [9.17, 15) is 4.79 Å². The Morgan fingerprint density at radius 3 is 2.62 bits per heavy atom. The van der Waals surface area contributed by atoms with E-state index < -0.39 is 5.97 Å². The number of likely N-dealkylation sites (tertiary alicyclic amines) is 1. The number of carbonyl (C=O) groups is 1. The molecule has 2 aliphatic rings. The first-order valence-corrected chi connectivity index (χ1v) is 6.28. The van der Waals surface area contributed by atoms with Gasteiger partial charge in [0.2, 0.25) is 0 Å². The minimum Gasteiger partial charge on any atom is -0.480 e. The fraction of sp³-hybridized carbons (Fsp3) is 0.917. The lowest BCUT2D eigenvalue weighted by molar-refractivity contribution is -0.138. The van der Waals surface area contributed by atoms with Gasteiger partial charge in [-0.15, -0.1) is 0 Å². The summed E-state index contributed by atoms with van der Waals surface area (Å²) in [6.07, 6.45) is 6.13. The molecule has 2 fully saturated rings. The number of aliphatic carboxylic acids is 1. The van der Waals surface area contributed by atoms with Crippen molar-refractivity contribution in [3.8, 4) is 0 Å². The second-order valence-electron chi connectivity index (χ2n) is 5.53. The van der Waals surface area contributed by atoms with Gasteiger partial charge in [0.25, 0.3) is 0 Å². The molecule has 2 rings (SSSR count). The predicted molar refractivity (Wildman–Crippen MR) is 62.1 cm³/mol. The zero-order chi connectivity index (χ0) is 11.6. The van der Waals surface area contributed by atoms with E-state index in [2.05, 4.69) is 4.90 Å². The quantitative estimate of drug-likeness (QED) is 0.750. The van der Waals surface area contributed by atoms with Gasteiger partial charge in [-0.05, 0) is 56.5 Å². The second kappa shape index (κ2) is 4.72. The lowest BCUT2D eigenvalue weighted by Crippen LogP contribution is -2.34. The van der Waals surface area contributed by atoms with Gasteiger partial charge in [-0.3, -0.25) is 9.69 Å². The van der Waals surface area contributed by atoms with Crippen LogP contribution in [0.25, 0.3) is 0 Å². The summed E-state index contributed by atoms with van der Waals surface area (Å²) in [7, 11) is 0. The molecule has 0 aromatic rings. The molecular formula is C12H22N2O2. The largest absolute Gasteiger partial charge is 0.480 e. The third-order valence-corrected chi connectivity index (χ3v) is 4.38. The van der Waals surface area contributed by atoms with Crippen molar-refractivity contribution in [1.82, 2.24) is 4.90 Å². The molecule has 1 saturated heterocycles. The Morgan fingerprint density at radius 2 is 2.06 bits per heavy atom. The van der Waals surface area contributed by atoms with Gasteiger partial charge in [0.15, 0.2) is 0 Å². The summed E-state index contributed by atoms with van der Waals surface area (Å²) in [6, 6.07) is 0. The summed E-state index contributed by atoms with van der Waals surface area (Å²) < 4.78 is 0. The average Bonchev–Trinajstić information content (AvgIpc) is 2.62. The normalized spacial score (nSPS) is 35.7. The zero-order valence-corrected chi connectivity index (χ0v) is 9.82. The first kappa shape index (κ1) is 11.9. The monoisotopic (exact) mass is 226 g/mol.